The molecule has 9 nitrogen and oxygen atoms in total. The second-order valence-electron chi connectivity index (χ2n) is 9.11. The van der Waals surface area contributed by atoms with Crippen LogP contribution >= 0.6 is 0 Å². The van der Waals surface area contributed by atoms with Crippen LogP contribution in [0.15, 0.2) is 59.5 Å². The first kappa shape index (κ1) is 23.9. The van der Waals surface area contributed by atoms with Crippen LogP contribution in [-0.2, 0) is 17.8 Å². The van der Waals surface area contributed by atoms with Crippen LogP contribution in [0.1, 0.15) is 27.9 Å². The van der Waals surface area contributed by atoms with Gasteiger partial charge < -0.3 is 15.8 Å². The van der Waals surface area contributed by atoms with Crippen LogP contribution in [0.25, 0.3) is 16.7 Å². The minimum Gasteiger partial charge on any atom is -0.379 e. The Morgan fingerprint density at radius 1 is 1.17 bits per heavy atom. The Morgan fingerprint density at radius 3 is 2.72 bits per heavy atom. The van der Waals surface area contributed by atoms with Gasteiger partial charge in [0, 0.05) is 37.9 Å². The molecule has 4 heterocycles. The van der Waals surface area contributed by atoms with Crippen molar-refractivity contribution in [3.63, 3.8) is 0 Å². The van der Waals surface area contributed by atoms with Crippen molar-refractivity contribution in [2.75, 3.05) is 38.6 Å². The molecular formula is C27H31N6O3+. The maximum Gasteiger partial charge on any atom is 0.278 e. The maximum absolute atomic E-state index is 13.5. The van der Waals surface area contributed by atoms with Crippen LogP contribution in [-0.4, -0.2) is 53.0 Å². The van der Waals surface area contributed by atoms with E-state index in [0.29, 0.717) is 35.6 Å². The van der Waals surface area contributed by atoms with Crippen LogP contribution in [0.2, 0.25) is 0 Å². The molecule has 3 aromatic heterocycles. The van der Waals surface area contributed by atoms with E-state index >= 15 is 0 Å². The Labute approximate surface area is 209 Å². The number of nitrogens with one attached hydrogen (secondary N) is 1. The standard InChI is InChI=1S/C27H30N6O3/c1-19-7-5-11-33-24(19)30-25-22(27(33)35)17-21(26(34)29-18-20-8-3-2-4-9-20)23(28)32(25)12-6-10-31-13-15-36-16-14-31/h2-5,7-9,11,17,28H,6,10,12-16,18H2,1H3,(H,29,34)/p+1. The number of carbonyl (C=O) groups excluding carboxylic acids is 1. The van der Waals surface area contributed by atoms with E-state index in [-0.39, 0.29) is 17.0 Å². The zero-order valence-electron chi connectivity index (χ0n) is 20.4. The van der Waals surface area contributed by atoms with Gasteiger partial charge in [-0.1, -0.05) is 41.4 Å². The molecule has 1 aliphatic rings. The maximum atomic E-state index is 13.5. The van der Waals surface area contributed by atoms with E-state index in [4.69, 9.17) is 15.5 Å². The van der Waals surface area contributed by atoms with Gasteiger partial charge >= 0.3 is 0 Å². The molecule has 1 saturated heterocycles. The molecule has 36 heavy (non-hydrogen) atoms. The number of benzene rings is 1. The number of nitrogen functional groups attached to an aromatic ring is 1. The summed E-state index contributed by atoms with van der Waals surface area (Å²) in [6, 6.07) is 15.0. The van der Waals surface area contributed by atoms with Gasteiger partial charge in [-0.15, -0.1) is 0 Å². The number of morpholine rings is 1. The molecule has 1 amide bonds. The Balaban J connectivity index is 1.54. The van der Waals surface area contributed by atoms with Crippen LogP contribution in [0, 0.1) is 6.92 Å². The van der Waals surface area contributed by atoms with E-state index in [0.717, 1.165) is 50.4 Å². The topological polar surface area (TPSA) is 106 Å². The van der Waals surface area contributed by atoms with Crippen molar-refractivity contribution in [1.29, 1.82) is 0 Å². The lowest BCUT2D eigenvalue weighted by Gasteiger charge is -2.26. The van der Waals surface area contributed by atoms with Crippen molar-refractivity contribution < 1.29 is 14.1 Å². The number of hydrogen-bond donors (Lipinski definition) is 2. The summed E-state index contributed by atoms with van der Waals surface area (Å²) in [4.78, 5) is 33.9. The number of fused-ring (bicyclic) bond motifs is 2. The fourth-order valence-corrected chi connectivity index (χ4v) is 4.67. The monoisotopic (exact) mass is 487 g/mol. The van der Waals surface area contributed by atoms with E-state index < -0.39 is 0 Å². The summed E-state index contributed by atoms with van der Waals surface area (Å²) in [6.07, 6.45) is 2.50. The highest BCUT2D eigenvalue weighted by molar-refractivity contribution is 6.00. The third kappa shape index (κ3) is 4.80. The molecule has 1 aromatic carbocycles. The molecule has 5 rings (SSSR count). The Kier molecular flexibility index (Phi) is 6.92. The average Bonchev–Trinajstić information content (AvgIpc) is 2.90. The van der Waals surface area contributed by atoms with Crippen molar-refractivity contribution in [1.82, 2.24) is 19.6 Å². The summed E-state index contributed by atoms with van der Waals surface area (Å²) in [5.41, 5.74) is 9.58. The number of aryl methyl sites for hydroxylation is 2. The summed E-state index contributed by atoms with van der Waals surface area (Å²) < 4.78 is 8.79. The number of nitrogens with zero attached hydrogens (tertiary/aromatic N) is 4. The van der Waals surface area contributed by atoms with Crippen molar-refractivity contribution >= 4 is 28.4 Å². The van der Waals surface area contributed by atoms with Gasteiger partial charge in [0.15, 0.2) is 0 Å². The molecule has 0 bridgehead atoms. The first-order valence-electron chi connectivity index (χ1n) is 12.3. The number of anilines is 1. The molecule has 0 radical (unpaired) electrons. The van der Waals surface area contributed by atoms with Crippen LogP contribution in [0.3, 0.4) is 0 Å². The average molecular weight is 488 g/mol. The Hall–Kier alpha value is -3.82. The van der Waals surface area contributed by atoms with E-state index in [1.165, 1.54) is 4.40 Å². The predicted octanol–water partition coefficient (Wildman–Crippen LogP) is 1.68. The molecule has 0 saturated carbocycles. The molecule has 3 N–H and O–H groups in total. The van der Waals surface area contributed by atoms with Crippen molar-refractivity contribution in [3.8, 4) is 0 Å². The number of rotatable bonds is 7. The Bertz CT molecular complexity index is 1460. The number of aromatic nitrogens is 3. The van der Waals surface area contributed by atoms with Crippen molar-refractivity contribution in [2.45, 2.75) is 26.4 Å². The summed E-state index contributed by atoms with van der Waals surface area (Å²) in [5, 5.41) is 3.30. The van der Waals surface area contributed by atoms with Gasteiger partial charge in [0.25, 0.3) is 17.1 Å². The zero-order chi connectivity index (χ0) is 25.1. The van der Waals surface area contributed by atoms with Crippen LogP contribution < -0.4 is 21.2 Å². The smallest absolute Gasteiger partial charge is 0.278 e. The second-order valence-corrected chi connectivity index (χ2v) is 9.11. The van der Waals surface area contributed by atoms with Gasteiger partial charge in [0.1, 0.15) is 10.9 Å². The fraction of sp³-hybridized carbons (Fsp3) is 0.333. The summed E-state index contributed by atoms with van der Waals surface area (Å²) in [7, 11) is 0. The normalized spacial score (nSPS) is 14.4. The number of pyridine rings is 2. The Morgan fingerprint density at radius 2 is 1.94 bits per heavy atom. The minimum atomic E-state index is -0.325. The lowest BCUT2D eigenvalue weighted by molar-refractivity contribution is -0.659. The quantitative estimate of drug-likeness (QED) is 0.304. The van der Waals surface area contributed by atoms with E-state index in [1.54, 1.807) is 12.3 Å². The van der Waals surface area contributed by atoms with Gasteiger partial charge in [0.05, 0.1) is 19.8 Å². The van der Waals surface area contributed by atoms with Gasteiger partial charge in [-0.25, -0.2) is 4.57 Å². The first-order valence-corrected chi connectivity index (χ1v) is 12.3. The van der Waals surface area contributed by atoms with Gasteiger partial charge in [-0.05, 0) is 31.0 Å². The lowest BCUT2D eigenvalue weighted by atomic mass is 10.1. The zero-order valence-corrected chi connectivity index (χ0v) is 20.4. The number of amides is 1. The van der Waals surface area contributed by atoms with Crippen molar-refractivity contribution in [2.24, 2.45) is 0 Å². The van der Waals surface area contributed by atoms with E-state index in [1.807, 2.05) is 54.0 Å². The highest BCUT2D eigenvalue weighted by Gasteiger charge is 2.25. The number of nitrogens with two attached hydrogens (primary N) is 1. The number of ether oxygens (including phenoxy) is 1. The fourth-order valence-electron chi connectivity index (χ4n) is 4.67. The third-order valence-electron chi connectivity index (χ3n) is 6.68. The number of hydrogen-bond acceptors (Lipinski definition) is 6. The molecule has 1 aliphatic heterocycles. The molecule has 4 aromatic rings. The third-order valence-corrected chi connectivity index (χ3v) is 6.68. The molecule has 186 valence electrons. The van der Waals surface area contributed by atoms with Gasteiger partial charge in [-0.2, -0.15) is 0 Å². The van der Waals surface area contributed by atoms with Crippen LogP contribution in [0.5, 0.6) is 0 Å². The molecule has 9 heteroatoms. The number of carbonyl (C=O) groups is 1. The molecule has 1 fully saturated rings. The highest BCUT2D eigenvalue weighted by Crippen LogP contribution is 2.16. The summed E-state index contributed by atoms with van der Waals surface area (Å²) in [6.45, 7) is 6.95. The van der Waals surface area contributed by atoms with Gasteiger partial charge in [0.2, 0.25) is 11.5 Å². The van der Waals surface area contributed by atoms with Crippen LogP contribution in [0.4, 0.5) is 5.82 Å². The second kappa shape index (κ2) is 10.4. The molecule has 0 aliphatic carbocycles. The van der Waals surface area contributed by atoms with Gasteiger partial charge in [-0.3, -0.25) is 18.9 Å². The minimum absolute atomic E-state index is 0.224. The first-order chi connectivity index (χ1) is 17.5. The summed E-state index contributed by atoms with van der Waals surface area (Å²) >= 11 is 0. The van der Waals surface area contributed by atoms with Crippen molar-refractivity contribution in [3.05, 3.63) is 81.8 Å². The molecule has 0 atom stereocenters. The molecular weight excluding hydrogens is 456 g/mol. The highest BCUT2D eigenvalue weighted by atomic mass is 16.5. The SMILES string of the molecule is Cc1cccn2c(=O)c3cc(C(=O)NCc4ccccc4)c(N)[n+](CCCN4CCOCC4)c3nc12. The summed E-state index contributed by atoms with van der Waals surface area (Å²) in [5.74, 6) is -0.0196. The largest absolute Gasteiger partial charge is 0.379 e. The lowest BCUT2D eigenvalue weighted by Crippen LogP contribution is -2.44. The molecule has 0 spiro atoms. The van der Waals surface area contributed by atoms with E-state index in [2.05, 4.69) is 10.2 Å². The predicted molar refractivity (Wildman–Crippen MR) is 138 cm³/mol. The van der Waals surface area contributed by atoms with E-state index in [9.17, 15) is 9.59 Å². The molecule has 0 unspecified atom stereocenters.